The van der Waals surface area contributed by atoms with E-state index in [4.69, 9.17) is 4.74 Å². The van der Waals surface area contributed by atoms with Crippen molar-refractivity contribution in [2.24, 2.45) is 7.05 Å². The molecule has 0 fully saturated rings. The Kier molecular flexibility index (Phi) is 6.16. The predicted octanol–water partition coefficient (Wildman–Crippen LogP) is 3.33. The quantitative estimate of drug-likeness (QED) is 0.383. The molecule has 8 heteroatoms. The van der Waals surface area contributed by atoms with Gasteiger partial charge in [-0.05, 0) is 24.6 Å². The number of urea groups is 1. The average molecular weight is 419 g/mol. The van der Waals surface area contributed by atoms with Crippen LogP contribution in [0.2, 0.25) is 0 Å². The van der Waals surface area contributed by atoms with Crippen LogP contribution in [0.3, 0.4) is 0 Å². The molecular formula is C23H26N6O2. The first kappa shape index (κ1) is 20.5. The van der Waals surface area contributed by atoms with Crippen LogP contribution >= 0.6 is 0 Å². The topological polar surface area (TPSA) is 96.9 Å². The number of hydrogen-bond donors (Lipinski definition) is 3. The molecular weight excluding hydrogens is 392 g/mol. The third-order valence-corrected chi connectivity index (χ3v) is 5.16. The van der Waals surface area contributed by atoms with Crippen LogP contribution in [0.5, 0.6) is 5.75 Å². The van der Waals surface area contributed by atoms with Crippen molar-refractivity contribution in [3.8, 4) is 5.75 Å². The second-order valence-electron chi connectivity index (χ2n) is 7.28. The lowest BCUT2D eigenvalue weighted by Gasteiger charge is -2.21. The second-order valence-corrected chi connectivity index (χ2v) is 7.28. The molecule has 160 valence electrons. The highest BCUT2D eigenvalue weighted by Gasteiger charge is 2.23. The van der Waals surface area contributed by atoms with E-state index in [9.17, 15) is 4.79 Å². The Morgan fingerprint density at radius 3 is 2.77 bits per heavy atom. The van der Waals surface area contributed by atoms with Crippen molar-refractivity contribution in [1.82, 2.24) is 30.2 Å². The number of imidazole rings is 2. The summed E-state index contributed by atoms with van der Waals surface area (Å²) in [5.41, 5.74) is 2.83. The van der Waals surface area contributed by atoms with Crippen molar-refractivity contribution in [2.75, 3.05) is 13.7 Å². The largest absolute Gasteiger partial charge is 0.496 e. The first-order valence-electron chi connectivity index (χ1n) is 10.2. The summed E-state index contributed by atoms with van der Waals surface area (Å²) in [6.07, 6.45) is 5.09. The Balaban J connectivity index is 1.38. The molecule has 4 rings (SSSR count). The van der Waals surface area contributed by atoms with Gasteiger partial charge in [-0.15, -0.1) is 0 Å². The van der Waals surface area contributed by atoms with Crippen LogP contribution in [-0.2, 0) is 13.5 Å². The van der Waals surface area contributed by atoms with Crippen molar-refractivity contribution >= 4 is 17.1 Å². The lowest BCUT2D eigenvalue weighted by atomic mass is 10.0. The van der Waals surface area contributed by atoms with Gasteiger partial charge < -0.3 is 24.9 Å². The number of aromatic nitrogens is 4. The summed E-state index contributed by atoms with van der Waals surface area (Å²) in [6.45, 7) is 0.530. The van der Waals surface area contributed by atoms with Crippen molar-refractivity contribution in [3.63, 3.8) is 0 Å². The highest BCUT2D eigenvalue weighted by Crippen LogP contribution is 2.28. The molecule has 0 aliphatic carbocycles. The molecule has 0 radical (unpaired) electrons. The summed E-state index contributed by atoms with van der Waals surface area (Å²) >= 11 is 0. The number of ether oxygens (including phenoxy) is 1. The first-order valence-corrected chi connectivity index (χ1v) is 10.2. The van der Waals surface area contributed by atoms with E-state index in [0.717, 1.165) is 41.1 Å². The number of para-hydroxylation sites is 3. The minimum Gasteiger partial charge on any atom is -0.496 e. The maximum atomic E-state index is 12.7. The van der Waals surface area contributed by atoms with E-state index < -0.39 is 6.04 Å². The van der Waals surface area contributed by atoms with Crippen LogP contribution in [0, 0.1) is 0 Å². The number of fused-ring (bicyclic) bond motifs is 1. The SMILES string of the molecule is COc1ccccc1[C@@H](NC(=O)NCCCc1nc2ccccc2[nH]1)c1nccn1C. The number of amides is 2. The fourth-order valence-electron chi connectivity index (χ4n) is 3.61. The standard InChI is InChI=1S/C23H26N6O2/c1-29-15-14-24-22(29)21(16-8-3-6-11-19(16)31-2)28-23(30)25-13-7-12-20-26-17-9-4-5-10-18(17)27-20/h3-6,8-11,14-15,21H,7,12-13H2,1-2H3,(H,26,27)(H2,25,28,30)/t21-/m1/s1. The first-order chi connectivity index (χ1) is 15.2. The molecule has 0 bridgehead atoms. The Bertz CT molecular complexity index is 1130. The minimum atomic E-state index is -0.438. The van der Waals surface area contributed by atoms with Crippen LogP contribution in [0.4, 0.5) is 4.79 Å². The second kappa shape index (κ2) is 9.34. The lowest BCUT2D eigenvalue weighted by Crippen LogP contribution is -2.39. The number of carbonyl (C=O) groups is 1. The summed E-state index contributed by atoms with van der Waals surface area (Å²) in [5, 5.41) is 5.97. The Morgan fingerprint density at radius 2 is 2.00 bits per heavy atom. The van der Waals surface area contributed by atoms with E-state index in [1.165, 1.54) is 0 Å². The van der Waals surface area contributed by atoms with E-state index >= 15 is 0 Å². The minimum absolute atomic E-state index is 0.261. The predicted molar refractivity (Wildman–Crippen MR) is 119 cm³/mol. The number of carbonyl (C=O) groups excluding carboxylic acids is 1. The maximum Gasteiger partial charge on any atom is 0.315 e. The average Bonchev–Trinajstić information content (AvgIpc) is 3.40. The number of benzene rings is 2. The molecule has 1 atom stereocenters. The number of hydrogen-bond acceptors (Lipinski definition) is 4. The molecule has 8 nitrogen and oxygen atoms in total. The van der Waals surface area contributed by atoms with Crippen LogP contribution < -0.4 is 15.4 Å². The Morgan fingerprint density at radius 1 is 1.19 bits per heavy atom. The Hall–Kier alpha value is -3.81. The Labute approximate surface area is 180 Å². The molecule has 2 heterocycles. The van der Waals surface area contributed by atoms with Gasteiger partial charge in [-0.25, -0.2) is 14.8 Å². The number of methoxy groups -OCH3 is 1. The highest BCUT2D eigenvalue weighted by atomic mass is 16.5. The monoisotopic (exact) mass is 418 g/mol. The van der Waals surface area contributed by atoms with Crippen LogP contribution in [0.15, 0.2) is 60.9 Å². The van der Waals surface area contributed by atoms with Crippen LogP contribution in [0.1, 0.15) is 29.7 Å². The van der Waals surface area contributed by atoms with E-state index in [1.807, 2.05) is 66.3 Å². The molecule has 2 aromatic carbocycles. The van der Waals surface area contributed by atoms with Crippen molar-refractivity contribution in [3.05, 3.63) is 78.1 Å². The van der Waals surface area contributed by atoms with Gasteiger partial charge in [-0.3, -0.25) is 0 Å². The molecule has 0 aliphatic rings. The normalized spacial score (nSPS) is 11.9. The van der Waals surface area contributed by atoms with Crippen molar-refractivity contribution in [1.29, 1.82) is 0 Å². The van der Waals surface area contributed by atoms with Gasteiger partial charge in [0.1, 0.15) is 23.4 Å². The van der Waals surface area contributed by atoms with Gasteiger partial charge in [-0.1, -0.05) is 30.3 Å². The number of aryl methyl sites for hydroxylation is 2. The van der Waals surface area contributed by atoms with Gasteiger partial charge in [0.15, 0.2) is 0 Å². The van der Waals surface area contributed by atoms with Gasteiger partial charge >= 0.3 is 6.03 Å². The van der Waals surface area contributed by atoms with Crippen molar-refractivity contribution in [2.45, 2.75) is 18.9 Å². The third-order valence-electron chi connectivity index (χ3n) is 5.16. The fraction of sp³-hybridized carbons (Fsp3) is 0.261. The molecule has 0 aliphatic heterocycles. The van der Waals surface area contributed by atoms with Gasteiger partial charge in [0, 0.05) is 38.0 Å². The molecule has 0 spiro atoms. The van der Waals surface area contributed by atoms with Gasteiger partial charge in [0.2, 0.25) is 0 Å². The van der Waals surface area contributed by atoms with Crippen LogP contribution in [0.25, 0.3) is 11.0 Å². The molecule has 0 saturated heterocycles. The number of rotatable bonds is 8. The fourth-order valence-corrected chi connectivity index (χ4v) is 3.61. The van der Waals surface area contributed by atoms with E-state index in [0.29, 0.717) is 12.3 Å². The summed E-state index contributed by atoms with van der Waals surface area (Å²) in [7, 11) is 3.52. The number of nitrogens with one attached hydrogen (secondary N) is 3. The number of nitrogens with zero attached hydrogens (tertiary/aromatic N) is 3. The third kappa shape index (κ3) is 4.69. The molecule has 0 saturated carbocycles. The zero-order valence-electron chi connectivity index (χ0n) is 17.6. The molecule has 2 aromatic heterocycles. The lowest BCUT2D eigenvalue weighted by molar-refractivity contribution is 0.237. The van der Waals surface area contributed by atoms with Crippen LogP contribution in [-0.4, -0.2) is 39.2 Å². The maximum absolute atomic E-state index is 12.7. The molecule has 4 aromatic rings. The van der Waals surface area contributed by atoms with Gasteiger partial charge in [-0.2, -0.15) is 0 Å². The number of aromatic amines is 1. The van der Waals surface area contributed by atoms with E-state index in [1.54, 1.807) is 13.3 Å². The molecule has 2 amide bonds. The molecule has 31 heavy (non-hydrogen) atoms. The summed E-state index contributed by atoms with van der Waals surface area (Å²) in [6, 6.07) is 14.9. The van der Waals surface area contributed by atoms with Gasteiger partial charge in [0.05, 0.1) is 18.1 Å². The zero-order valence-corrected chi connectivity index (χ0v) is 17.6. The summed E-state index contributed by atoms with van der Waals surface area (Å²) in [5.74, 6) is 2.34. The van der Waals surface area contributed by atoms with E-state index in [-0.39, 0.29) is 6.03 Å². The number of H-pyrrole nitrogens is 1. The summed E-state index contributed by atoms with van der Waals surface area (Å²) < 4.78 is 7.39. The summed E-state index contributed by atoms with van der Waals surface area (Å²) in [4.78, 5) is 25.0. The van der Waals surface area contributed by atoms with Crippen molar-refractivity contribution < 1.29 is 9.53 Å². The van der Waals surface area contributed by atoms with E-state index in [2.05, 4.69) is 25.6 Å². The highest BCUT2D eigenvalue weighted by molar-refractivity contribution is 5.75. The van der Waals surface area contributed by atoms with Gasteiger partial charge in [0.25, 0.3) is 0 Å². The zero-order chi connectivity index (χ0) is 21.6. The smallest absolute Gasteiger partial charge is 0.315 e. The molecule has 3 N–H and O–H groups in total. The molecule has 0 unspecified atom stereocenters.